The minimum Gasteiger partial charge on any atom is -0.350 e. The lowest BCUT2D eigenvalue weighted by Gasteiger charge is -2.34. The van der Waals surface area contributed by atoms with Gasteiger partial charge in [-0.15, -0.1) is 0 Å². The van der Waals surface area contributed by atoms with Gasteiger partial charge in [0.25, 0.3) is 11.8 Å². The molecule has 2 unspecified atom stereocenters. The number of para-hydroxylation sites is 1. The third-order valence-corrected chi connectivity index (χ3v) is 7.24. The number of carbonyl (C=O) groups is 2. The Morgan fingerprint density at radius 1 is 0.969 bits per heavy atom. The minimum absolute atomic E-state index is 0.0478. The molecule has 1 saturated heterocycles. The molecular weight excluding hydrogens is 426 g/mol. The molecule has 2 amide bonds. The van der Waals surface area contributed by atoms with E-state index in [2.05, 4.69) is 24.5 Å². The first kappa shape index (κ1) is 23.9. The molecule has 0 radical (unpaired) electrons. The molecule has 172 valence electrons. The Kier molecular flexibility index (Phi) is 7.36. The first-order valence-electron chi connectivity index (χ1n) is 10.9. The van der Waals surface area contributed by atoms with Crippen molar-refractivity contribution in [3.63, 3.8) is 0 Å². The third kappa shape index (κ3) is 5.55. The molecule has 2 atom stereocenters. The Balaban J connectivity index is 1.83. The van der Waals surface area contributed by atoms with Gasteiger partial charge in [0, 0.05) is 24.7 Å². The van der Waals surface area contributed by atoms with Crippen LogP contribution in [-0.2, 0) is 10.0 Å². The molecule has 2 N–H and O–H groups in total. The number of nitrogens with zero attached hydrogens (tertiary/aromatic N) is 1. The predicted molar refractivity (Wildman–Crippen MR) is 125 cm³/mol. The quantitative estimate of drug-likeness (QED) is 0.691. The SMILES string of the molecule is CC1CC(C)CN(S(=O)(=O)c2cccc(C(=O)Nc3ccccc3C(=O)NC(C)C)c2)C1. The average molecular weight is 458 g/mol. The topological polar surface area (TPSA) is 95.6 Å². The summed E-state index contributed by atoms with van der Waals surface area (Å²) in [4.78, 5) is 25.5. The maximum Gasteiger partial charge on any atom is 0.255 e. The number of hydrogen-bond donors (Lipinski definition) is 2. The summed E-state index contributed by atoms with van der Waals surface area (Å²) in [5.74, 6) is -0.199. The molecule has 1 fully saturated rings. The van der Waals surface area contributed by atoms with Crippen LogP contribution in [0.1, 0.15) is 54.8 Å². The van der Waals surface area contributed by atoms with Gasteiger partial charge < -0.3 is 10.6 Å². The molecule has 0 bridgehead atoms. The van der Waals surface area contributed by atoms with Gasteiger partial charge in [0.2, 0.25) is 10.0 Å². The monoisotopic (exact) mass is 457 g/mol. The summed E-state index contributed by atoms with van der Waals surface area (Å²) in [5, 5.41) is 5.55. The standard InChI is InChI=1S/C24H31N3O4S/c1-16(2)25-24(29)21-10-5-6-11-22(21)26-23(28)19-8-7-9-20(13-19)32(30,31)27-14-17(3)12-18(4)15-27/h5-11,13,16-18H,12,14-15H2,1-4H3,(H,25,29)(H,26,28). The highest BCUT2D eigenvalue weighted by Gasteiger charge is 2.32. The van der Waals surface area contributed by atoms with E-state index in [1.165, 1.54) is 16.4 Å². The van der Waals surface area contributed by atoms with Crippen LogP contribution in [0.3, 0.4) is 0 Å². The zero-order chi connectivity index (χ0) is 23.5. The van der Waals surface area contributed by atoms with Gasteiger partial charge in [-0.2, -0.15) is 4.31 Å². The summed E-state index contributed by atoms with van der Waals surface area (Å²) in [6.07, 6.45) is 0.998. The van der Waals surface area contributed by atoms with Crippen LogP contribution >= 0.6 is 0 Å². The van der Waals surface area contributed by atoms with Gasteiger partial charge >= 0.3 is 0 Å². The van der Waals surface area contributed by atoms with E-state index in [0.29, 0.717) is 24.3 Å². The molecule has 0 aromatic heterocycles. The molecule has 32 heavy (non-hydrogen) atoms. The number of amides is 2. The predicted octanol–water partition coefficient (Wildman–Crippen LogP) is 3.74. The number of sulfonamides is 1. The van der Waals surface area contributed by atoms with Gasteiger partial charge in [-0.05, 0) is 62.4 Å². The van der Waals surface area contributed by atoms with E-state index in [9.17, 15) is 18.0 Å². The molecular formula is C24H31N3O4S. The van der Waals surface area contributed by atoms with E-state index < -0.39 is 15.9 Å². The van der Waals surface area contributed by atoms with Crippen LogP contribution in [0.2, 0.25) is 0 Å². The second-order valence-electron chi connectivity index (χ2n) is 8.92. The van der Waals surface area contributed by atoms with Gasteiger partial charge in [-0.3, -0.25) is 9.59 Å². The summed E-state index contributed by atoms with van der Waals surface area (Å²) in [5.41, 5.74) is 0.917. The normalized spacial score (nSPS) is 19.5. The molecule has 0 aliphatic carbocycles. The third-order valence-electron chi connectivity index (χ3n) is 5.41. The summed E-state index contributed by atoms with van der Waals surface area (Å²) in [7, 11) is -3.70. The second kappa shape index (κ2) is 9.83. The van der Waals surface area contributed by atoms with Crippen molar-refractivity contribution < 1.29 is 18.0 Å². The van der Waals surface area contributed by atoms with Crippen LogP contribution in [0.15, 0.2) is 53.4 Å². The maximum absolute atomic E-state index is 13.2. The zero-order valence-corrected chi connectivity index (χ0v) is 19.8. The molecule has 0 saturated carbocycles. The fraction of sp³-hybridized carbons (Fsp3) is 0.417. The van der Waals surface area contributed by atoms with Crippen molar-refractivity contribution in [2.45, 2.75) is 45.1 Å². The van der Waals surface area contributed by atoms with Crippen LogP contribution < -0.4 is 10.6 Å². The van der Waals surface area contributed by atoms with E-state index in [0.717, 1.165) is 6.42 Å². The van der Waals surface area contributed by atoms with Crippen molar-refractivity contribution in [2.75, 3.05) is 18.4 Å². The number of piperidine rings is 1. The number of rotatable bonds is 6. The Labute approximate surface area is 190 Å². The van der Waals surface area contributed by atoms with Crippen molar-refractivity contribution in [2.24, 2.45) is 11.8 Å². The highest BCUT2D eigenvalue weighted by atomic mass is 32.2. The molecule has 1 aliphatic rings. The smallest absolute Gasteiger partial charge is 0.255 e. The van der Waals surface area contributed by atoms with Crippen molar-refractivity contribution in [3.8, 4) is 0 Å². The number of anilines is 1. The molecule has 7 nitrogen and oxygen atoms in total. The first-order chi connectivity index (χ1) is 15.1. The van der Waals surface area contributed by atoms with Crippen LogP contribution in [0.25, 0.3) is 0 Å². The van der Waals surface area contributed by atoms with Gasteiger partial charge in [-0.1, -0.05) is 32.0 Å². The molecule has 8 heteroatoms. The van der Waals surface area contributed by atoms with Crippen LogP contribution in [0.5, 0.6) is 0 Å². The van der Waals surface area contributed by atoms with Crippen LogP contribution in [0, 0.1) is 11.8 Å². The number of carbonyl (C=O) groups excluding carboxylic acids is 2. The second-order valence-corrected chi connectivity index (χ2v) is 10.9. The maximum atomic E-state index is 13.2. The van der Waals surface area contributed by atoms with E-state index in [1.54, 1.807) is 36.4 Å². The van der Waals surface area contributed by atoms with Crippen LogP contribution in [0.4, 0.5) is 5.69 Å². The lowest BCUT2D eigenvalue weighted by atomic mass is 9.94. The minimum atomic E-state index is -3.70. The Bertz CT molecular complexity index is 1090. The van der Waals surface area contributed by atoms with Crippen molar-refractivity contribution in [1.29, 1.82) is 0 Å². The molecule has 2 aromatic rings. The summed E-state index contributed by atoms with van der Waals surface area (Å²) < 4.78 is 27.9. The van der Waals surface area contributed by atoms with E-state index in [1.807, 2.05) is 13.8 Å². The zero-order valence-electron chi connectivity index (χ0n) is 19.0. The van der Waals surface area contributed by atoms with E-state index in [4.69, 9.17) is 0 Å². The van der Waals surface area contributed by atoms with Gasteiger partial charge in [0.15, 0.2) is 0 Å². The van der Waals surface area contributed by atoms with Gasteiger partial charge in [0.05, 0.1) is 16.1 Å². The number of hydrogen-bond acceptors (Lipinski definition) is 4. The molecule has 0 spiro atoms. The molecule has 3 rings (SSSR count). The van der Waals surface area contributed by atoms with Crippen molar-refractivity contribution in [3.05, 3.63) is 59.7 Å². The number of benzene rings is 2. The summed E-state index contributed by atoms with van der Waals surface area (Å²) >= 11 is 0. The first-order valence-corrected chi connectivity index (χ1v) is 12.3. The van der Waals surface area contributed by atoms with Gasteiger partial charge in [0.1, 0.15) is 0 Å². The summed E-state index contributed by atoms with van der Waals surface area (Å²) in [6, 6.07) is 12.7. The molecule has 2 aromatic carbocycles. The summed E-state index contributed by atoms with van der Waals surface area (Å²) in [6.45, 7) is 8.76. The largest absolute Gasteiger partial charge is 0.350 e. The highest BCUT2D eigenvalue weighted by molar-refractivity contribution is 7.89. The fourth-order valence-electron chi connectivity index (χ4n) is 4.07. The molecule has 1 heterocycles. The molecule has 1 aliphatic heterocycles. The fourth-order valence-corrected chi connectivity index (χ4v) is 5.80. The lowest BCUT2D eigenvalue weighted by Crippen LogP contribution is -2.42. The number of nitrogens with one attached hydrogen (secondary N) is 2. The Morgan fingerprint density at radius 2 is 1.62 bits per heavy atom. The average Bonchev–Trinajstić information content (AvgIpc) is 2.73. The van der Waals surface area contributed by atoms with Crippen molar-refractivity contribution >= 4 is 27.5 Å². The van der Waals surface area contributed by atoms with Gasteiger partial charge in [-0.25, -0.2) is 8.42 Å². The van der Waals surface area contributed by atoms with E-state index >= 15 is 0 Å². The highest BCUT2D eigenvalue weighted by Crippen LogP contribution is 2.27. The Morgan fingerprint density at radius 3 is 2.28 bits per heavy atom. The van der Waals surface area contributed by atoms with E-state index in [-0.39, 0.29) is 34.2 Å². The van der Waals surface area contributed by atoms with Crippen molar-refractivity contribution in [1.82, 2.24) is 9.62 Å². The van der Waals surface area contributed by atoms with Crippen LogP contribution in [-0.4, -0.2) is 43.7 Å². The Hall–Kier alpha value is -2.71. The lowest BCUT2D eigenvalue weighted by molar-refractivity contribution is 0.0944.